The molecule has 1 unspecified atom stereocenters. The summed E-state index contributed by atoms with van der Waals surface area (Å²) in [6.07, 6.45) is 0. The van der Waals surface area contributed by atoms with Crippen LogP contribution in [0.25, 0.3) is 0 Å². The lowest BCUT2D eigenvalue weighted by Gasteiger charge is -2.17. The van der Waals surface area contributed by atoms with Crippen LogP contribution in [0.5, 0.6) is 0 Å². The zero-order valence-electron chi connectivity index (χ0n) is 10.4. The number of hydrogen-bond donors (Lipinski definition) is 1. The first-order chi connectivity index (χ1) is 8.56. The highest BCUT2D eigenvalue weighted by molar-refractivity contribution is 9.10. The maximum Gasteiger partial charge on any atom is 0.0500 e. The van der Waals surface area contributed by atoms with E-state index in [9.17, 15) is 0 Å². The predicted octanol–water partition coefficient (Wildman–Crippen LogP) is 5.58. The molecule has 0 heterocycles. The first-order valence-electron chi connectivity index (χ1n) is 5.84. The summed E-state index contributed by atoms with van der Waals surface area (Å²) >= 11 is 9.66. The largest absolute Gasteiger partial charge is 0.378 e. The molecule has 0 aromatic heterocycles. The predicted molar refractivity (Wildman–Crippen MR) is 82.4 cm³/mol. The molecule has 18 heavy (non-hydrogen) atoms. The first-order valence-corrected chi connectivity index (χ1v) is 7.01. The van der Waals surface area contributed by atoms with Crippen molar-refractivity contribution in [3.8, 4) is 0 Å². The van der Waals surface area contributed by atoms with Crippen LogP contribution in [-0.4, -0.2) is 0 Å². The fraction of sp³-hybridized carbons (Fsp3) is 0.200. The van der Waals surface area contributed by atoms with Crippen LogP contribution in [0.2, 0.25) is 5.02 Å². The number of benzene rings is 2. The van der Waals surface area contributed by atoms with Crippen molar-refractivity contribution in [2.75, 3.05) is 5.32 Å². The first kappa shape index (κ1) is 13.4. The summed E-state index contributed by atoms with van der Waals surface area (Å²) in [6, 6.07) is 14.5. The molecular formula is C15H15BrClN. The van der Waals surface area contributed by atoms with Gasteiger partial charge in [-0.05, 0) is 43.7 Å². The molecule has 2 rings (SSSR count). The molecule has 0 fully saturated rings. The van der Waals surface area contributed by atoms with Crippen molar-refractivity contribution in [1.82, 2.24) is 0 Å². The fourth-order valence-electron chi connectivity index (χ4n) is 1.83. The normalized spacial score (nSPS) is 12.2. The van der Waals surface area contributed by atoms with E-state index in [4.69, 9.17) is 11.6 Å². The van der Waals surface area contributed by atoms with Gasteiger partial charge in [0.15, 0.2) is 0 Å². The van der Waals surface area contributed by atoms with Gasteiger partial charge >= 0.3 is 0 Å². The summed E-state index contributed by atoms with van der Waals surface area (Å²) < 4.78 is 0.999. The molecule has 1 N–H and O–H groups in total. The van der Waals surface area contributed by atoms with Gasteiger partial charge in [0.1, 0.15) is 0 Å². The van der Waals surface area contributed by atoms with Crippen molar-refractivity contribution in [3.63, 3.8) is 0 Å². The Morgan fingerprint density at radius 2 is 1.78 bits per heavy atom. The van der Waals surface area contributed by atoms with Crippen LogP contribution in [0, 0.1) is 6.92 Å². The Hall–Kier alpha value is -0.990. The van der Waals surface area contributed by atoms with Crippen LogP contribution in [0.4, 0.5) is 5.69 Å². The molecule has 1 nitrogen and oxygen atoms in total. The van der Waals surface area contributed by atoms with Crippen molar-refractivity contribution in [1.29, 1.82) is 0 Å². The second-order valence-corrected chi connectivity index (χ2v) is 5.72. The zero-order valence-corrected chi connectivity index (χ0v) is 12.7. The minimum absolute atomic E-state index is 0.174. The van der Waals surface area contributed by atoms with Gasteiger partial charge in [-0.1, -0.05) is 51.3 Å². The second-order valence-electron chi connectivity index (χ2n) is 4.40. The van der Waals surface area contributed by atoms with Gasteiger partial charge in [-0.3, -0.25) is 0 Å². The van der Waals surface area contributed by atoms with Gasteiger partial charge in [0.25, 0.3) is 0 Å². The van der Waals surface area contributed by atoms with Crippen LogP contribution < -0.4 is 5.32 Å². The van der Waals surface area contributed by atoms with E-state index in [1.807, 2.05) is 18.2 Å². The molecule has 0 aliphatic rings. The van der Waals surface area contributed by atoms with Crippen LogP contribution in [0.15, 0.2) is 46.9 Å². The molecule has 0 amide bonds. The molecule has 3 heteroatoms. The third kappa shape index (κ3) is 3.27. The topological polar surface area (TPSA) is 12.0 Å². The van der Waals surface area contributed by atoms with Gasteiger partial charge in [0.05, 0.1) is 0 Å². The van der Waals surface area contributed by atoms with Gasteiger partial charge in [0, 0.05) is 21.2 Å². The Bertz CT molecular complexity index is 537. The Kier molecular flexibility index (Phi) is 4.31. The van der Waals surface area contributed by atoms with E-state index in [-0.39, 0.29) is 6.04 Å². The summed E-state index contributed by atoms with van der Waals surface area (Å²) in [7, 11) is 0. The highest BCUT2D eigenvalue weighted by Gasteiger charge is 2.09. The third-order valence-electron chi connectivity index (χ3n) is 2.86. The van der Waals surface area contributed by atoms with Gasteiger partial charge in [-0.15, -0.1) is 0 Å². The van der Waals surface area contributed by atoms with E-state index in [1.54, 1.807) is 0 Å². The molecule has 0 saturated carbocycles. The standard InChI is InChI=1S/C15H15BrClN/c1-10-3-6-13(7-4-10)18-11(2)14-8-5-12(16)9-15(14)17/h3-9,11,18H,1-2H3. The highest BCUT2D eigenvalue weighted by atomic mass is 79.9. The highest BCUT2D eigenvalue weighted by Crippen LogP contribution is 2.28. The fourth-order valence-corrected chi connectivity index (χ4v) is 2.67. The summed E-state index contributed by atoms with van der Waals surface area (Å²) in [5, 5.41) is 4.22. The molecule has 2 aromatic carbocycles. The number of anilines is 1. The van der Waals surface area contributed by atoms with Crippen molar-refractivity contribution < 1.29 is 0 Å². The number of halogens is 2. The number of rotatable bonds is 3. The average molecular weight is 325 g/mol. The lowest BCUT2D eigenvalue weighted by Crippen LogP contribution is -2.07. The molecule has 0 aliphatic carbocycles. The Morgan fingerprint density at radius 3 is 2.39 bits per heavy atom. The maximum atomic E-state index is 6.25. The molecule has 0 bridgehead atoms. The number of aryl methyl sites for hydroxylation is 1. The minimum atomic E-state index is 0.174. The van der Waals surface area contributed by atoms with Gasteiger partial charge in [-0.2, -0.15) is 0 Å². The van der Waals surface area contributed by atoms with E-state index in [2.05, 4.69) is 59.4 Å². The van der Waals surface area contributed by atoms with Crippen LogP contribution in [-0.2, 0) is 0 Å². The number of hydrogen-bond acceptors (Lipinski definition) is 1. The lowest BCUT2D eigenvalue weighted by molar-refractivity contribution is 0.884. The molecule has 0 radical (unpaired) electrons. The van der Waals surface area contributed by atoms with Gasteiger partial charge in [-0.25, -0.2) is 0 Å². The number of nitrogens with one attached hydrogen (secondary N) is 1. The van der Waals surface area contributed by atoms with Crippen LogP contribution in [0.3, 0.4) is 0 Å². The molecule has 94 valence electrons. The minimum Gasteiger partial charge on any atom is -0.378 e. The van der Waals surface area contributed by atoms with Gasteiger partial charge < -0.3 is 5.32 Å². The van der Waals surface area contributed by atoms with E-state index in [0.717, 1.165) is 20.7 Å². The van der Waals surface area contributed by atoms with E-state index >= 15 is 0 Å². The van der Waals surface area contributed by atoms with Crippen LogP contribution >= 0.6 is 27.5 Å². The van der Waals surface area contributed by atoms with Crippen LogP contribution in [0.1, 0.15) is 24.1 Å². The monoisotopic (exact) mass is 323 g/mol. The molecule has 0 aliphatic heterocycles. The summed E-state index contributed by atoms with van der Waals surface area (Å²) in [6.45, 7) is 4.19. The summed E-state index contributed by atoms with van der Waals surface area (Å²) in [5.41, 5.74) is 3.46. The maximum absolute atomic E-state index is 6.25. The Labute approximate surface area is 121 Å². The lowest BCUT2D eigenvalue weighted by atomic mass is 10.1. The molecular weight excluding hydrogens is 310 g/mol. The van der Waals surface area contributed by atoms with Crippen molar-refractivity contribution in [2.45, 2.75) is 19.9 Å². The van der Waals surface area contributed by atoms with Crippen molar-refractivity contribution >= 4 is 33.2 Å². The third-order valence-corrected chi connectivity index (χ3v) is 3.68. The Balaban J connectivity index is 2.16. The van der Waals surface area contributed by atoms with E-state index in [0.29, 0.717) is 0 Å². The van der Waals surface area contributed by atoms with E-state index < -0.39 is 0 Å². The quantitative estimate of drug-likeness (QED) is 0.776. The smallest absolute Gasteiger partial charge is 0.0500 e. The second kappa shape index (κ2) is 5.77. The molecule has 0 saturated heterocycles. The zero-order chi connectivity index (χ0) is 13.1. The molecule has 2 aromatic rings. The average Bonchev–Trinajstić information content (AvgIpc) is 2.32. The SMILES string of the molecule is Cc1ccc(NC(C)c2ccc(Br)cc2Cl)cc1. The summed E-state index contributed by atoms with van der Waals surface area (Å²) in [4.78, 5) is 0. The molecule has 1 atom stereocenters. The Morgan fingerprint density at radius 1 is 1.11 bits per heavy atom. The van der Waals surface area contributed by atoms with Crippen molar-refractivity contribution in [2.24, 2.45) is 0 Å². The van der Waals surface area contributed by atoms with Crippen molar-refractivity contribution in [3.05, 3.63) is 63.1 Å². The molecule has 0 spiro atoms. The van der Waals surface area contributed by atoms with E-state index in [1.165, 1.54) is 5.56 Å². The van der Waals surface area contributed by atoms with Gasteiger partial charge in [0.2, 0.25) is 0 Å². The summed E-state index contributed by atoms with van der Waals surface area (Å²) in [5.74, 6) is 0.